The lowest BCUT2D eigenvalue weighted by atomic mass is 10.1. The molecule has 0 saturated heterocycles. The van der Waals surface area contributed by atoms with Gasteiger partial charge in [-0.1, -0.05) is 0 Å². The number of Topliss-reactive ketones (excluding diaryl/α,β-unsaturated/α-hetero) is 1. The molecule has 0 aliphatic carbocycles. The topological polar surface area (TPSA) is 79.9 Å². The van der Waals surface area contributed by atoms with Gasteiger partial charge in [0, 0.05) is 17.7 Å². The van der Waals surface area contributed by atoms with Crippen LogP contribution in [0.15, 0.2) is 43.0 Å². The summed E-state index contributed by atoms with van der Waals surface area (Å²) in [5.74, 6) is -0.0931. The van der Waals surface area contributed by atoms with E-state index >= 15 is 0 Å². The van der Waals surface area contributed by atoms with Crippen molar-refractivity contribution in [3.8, 4) is 0 Å². The smallest absolute Gasteiger partial charge is 0.269 e. The average molecular weight is 232 g/mol. The monoisotopic (exact) mass is 232 g/mol. The van der Waals surface area contributed by atoms with E-state index in [0.29, 0.717) is 5.56 Å². The van der Waals surface area contributed by atoms with Crippen molar-refractivity contribution in [2.45, 2.75) is 6.54 Å². The highest BCUT2D eigenvalue weighted by molar-refractivity contribution is 5.95. The number of carbonyl (C=O) groups excluding carboxylic acids is 1. The SMILES string of the molecule is O=C(C[n+]1cc[nH]c1)c1ccc([N+](=O)[O-])cc1. The van der Waals surface area contributed by atoms with Crippen molar-refractivity contribution in [2.24, 2.45) is 0 Å². The van der Waals surface area contributed by atoms with Crippen LogP contribution >= 0.6 is 0 Å². The first-order valence-corrected chi connectivity index (χ1v) is 4.96. The molecule has 0 atom stereocenters. The van der Waals surface area contributed by atoms with Crippen LogP contribution in [0.3, 0.4) is 0 Å². The van der Waals surface area contributed by atoms with Crippen molar-refractivity contribution in [1.29, 1.82) is 0 Å². The Morgan fingerprint density at radius 1 is 1.35 bits per heavy atom. The normalized spacial score (nSPS) is 10.1. The summed E-state index contributed by atoms with van der Waals surface area (Å²) in [5.41, 5.74) is 0.445. The van der Waals surface area contributed by atoms with E-state index in [1.54, 1.807) is 23.3 Å². The van der Waals surface area contributed by atoms with Crippen molar-refractivity contribution in [3.05, 3.63) is 58.7 Å². The number of nitro groups is 1. The molecule has 0 aliphatic rings. The molecule has 6 nitrogen and oxygen atoms in total. The van der Waals surface area contributed by atoms with E-state index in [1.165, 1.54) is 24.3 Å². The van der Waals surface area contributed by atoms with E-state index in [-0.39, 0.29) is 18.0 Å². The summed E-state index contributed by atoms with van der Waals surface area (Å²) in [6.45, 7) is 0.210. The minimum absolute atomic E-state index is 0.0177. The van der Waals surface area contributed by atoms with Gasteiger partial charge in [-0.15, -0.1) is 0 Å². The van der Waals surface area contributed by atoms with E-state index in [1.807, 2.05) is 0 Å². The highest BCUT2D eigenvalue weighted by Crippen LogP contribution is 2.12. The summed E-state index contributed by atoms with van der Waals surface area (Å²) in [6.07, 6.45) is 5.12. The fourth-order valence-electron chi connectivity index (χ4n) is 1.45. The number of nitro benzene ring substituents is 1. The van der Waals surface area contributed by atoms with Crippen LogP contribution in [-0.4, -0.2) is 15.7 Å². The van der Waals surface area contributed by atoms with Gasteiger partial charge in [0.05, 0.1) is 4.92 Å². The number of hydrogen-bond donors (Lipinski definition) is 1. The number of non-ortho nitro benzene ring substituents is 1. The molecule has 0 fully saturated rings. The molecular weight excluding hydrogens is 222 g/mol. The van der Waals surface area contributed by atoms with Crippen LogP contribution in [0.25, 0.3) is 0 Å². The Kier molecular flexibility index (Phi) is 2.95. The number of carbonyl (C=O) groups is 1. The van der Waals surface area contributed by atoms with Crippen molar-refractivity contribution in [3.63, 3.8) is 0 Å². The zero-order valence-electron chi connectivity index (χ0n) is 8.87. The Morgan fingerprint density at radius 2 is 2.06 bits per heavy atom. The maximum absolute atomic E-state index is 11.8. The second-order valence-corrected chi connectivity index (χ2v) is 3.51. The second-order valence-electron chi connectivity index (χ2n) is 3.51. The minimum atomic E-state index is -0.491. The minimum Gasteiger partial charge on any atom is -0.290 e. The number of ketones is 1. The molecule has 1 aromatic heterocycles. The zero-order valence-corrected chi connectivity index (χ0v) is 8.87. The number of imidazole rings is 1. The first-order valence-electron chi connectivity index (χ1n) is 4.96. The largest absolute Gasteiger partial charge is 0.290 e. The fourth-order valence-corrected chi connectivity index (χ4v) is 1.45. The summed E-state index contributed by atoms with van der Waals surface area (Å²) in [5, 5.41) is 10.5. The Balaban J connectivity index is 2.12. The maximum Gasteiger partial charge on any atom is 0.269 e. The van der Waals surface area contributed by atoms with Gasteiger partial charge in [-0.2, -0.15) is 0 Å². The summed E-state index contributed by atoms with van der Waals surface area (Å²) >= 11 is 0. The molecule has 86 valence electrons. The van der Waals surface area contributed by atoms with E-state index in [4.69, 9.17) is 0 Å². The Labute approximate surface area is 96.7 Å². The fraction of sp³-hybridized carbons (Fsp3) is 0.0909. The number of hydrogen-bond acceptors (Lipinski definition) is 3. The van der Waals surface area contributed by atoms with Crippen LogP contribution in [0.1, 0.15) is 10.4 Å². The molecule has 1 aromatic carbocycles. The van der Waals surface area contributed by atoms with Crippen LogP contribution in [0.4, 0.5) is 5.69 Å². The standard InChI is InChI=1S/C11H9N3O3/c15-11(7-13-6-5-12-8-13)9-1-3-10(4-2-9)14(16)17/h1-6,8H,7H2/p+1. The van der Waals surface area contributed by atoms with Crippen LogP contribution in [0, 0.1) is 10.1 Å². The Bertz CT molecular complexity index is 532. The molecule has 0 bridgehead atoms. The molecule has 0 unspecified atom stereocenters. The third-order valence-corrected chi connectivity index (χ3v) is 2.33. The van der Waals surface area contributed by atoms with Gasteiger partial charge in [-0.05, 0) is 12.1 Å². The highest BCUT2D eigenvalue weighted by atomic mass is 16.6. The van der Waals surface area contributed by atoms with Gasteiger partial charge >= 0.3 is 0 Å². The lowest BCUT2D eigenvalue weighted by Crippen LogP contribution is -2.35. The van der Waals surface area contributed by atoms with Crippen molar-refractivity contribution < 1.29 is 14.3 Å². The second kappa shape index (κ2) is 4.56. The molecule has 0 saturated carbocycles. The molecule has 0 amide bonds. The van der Waals surface area contributed by atoms with Crippen LogP contribution in [-0.2, 0) is 6.54 Å². The Morgan fingerprint density at radius 3 is 2.59 bits per heavy atom. The zero-order chi connectivity index (χ0) is 12.3. The van der Waals surface area contributed by atoms with Crippen LogP contribution < -0.4 is 4.57 Å². The number of nitrogens with one attached hydrogen (secondary N) is 1. The first-order chi connectivity index (χ1) is 8.16. The average Bonchev–Trinajstić information content (AvgIpc) is 2.82. The quantitative estimate of drug-likeness (QED) is 0.371. The number of nitrogens with zero attached hydrogens (tertiary/aromatic N) is 2. The summed E-state index contributed by atoms with van der Waals surface area (Å²) < 4.78 is 1.70. The molecule has 0 aliphatic heterocycles. The predicted octanol–water partition coefficient (Wildman–Crippen LogP) is 1.09. The molecule has 0 spiro atoms. The Hall–Kier alpha value is -2.50. The van der Waals surface area contributed by atoms with Crippen LogP contribution in [0.5, 0.6) is 0 Å². The highest BCUT2D eigenvalue weighted by Gasteiger charge is 2.11. The lowest BCUT2D eigenvalue weighted by Gasteiger charge is -1.98. The molecule has 1 N–H and O–H groups in total. The van der Waals surface area contributed by atoms with Gasteiger partial charge in [0.2, 0.25) is 12.1 Å². The molecule has 2 aromatic rings. The summed E-state index contributed by atoms with van der Waals surface area (Å²) in [4.78, 5) is 24.6. The number of aromatic nitrogens is 2. The maximum atomic E-state index is 11.8. The van der Waals surface area contributed by atoms with Gasteiger partial charge < -0.3 is 0 Å². The predicted molar refractivity (Wildman–Crippen MR) is 58.4 cm³/mol. The van der Waals surface area contributed by atoms with Crippen LogP contribution in [0.2, 0.25) is 0 Å². The first kappa shape index (κ1) is 11.0. The van der Waals surface area contributed by atoms with E-state index in [0.717, 1.165) is 0 Å². The number of benzene rings is 1. The third-order valence-electron chi connectivity index (χ3n) is 2.33. The number of H-pyrrole nitrogens is 1. The van der Waals surface area contributed by atoms with E-state index < -0.39 is 4.92 Å². The molecule has 6 heteroatoms. The summed E-state index contributed by atoms with van der Waals surface area (Å²) in [7, 11) is 0. The van der Waals surface area contributed by atoms with Gasteiger partial charge in [0.15, 0.2) is 6.54 Å². The lowest BCUT2D eigenvalue weighted by molar-refractivity contribution is -0.681. The van der Waals surface area contributed by atoms with Crippen molar-refractivity contribution in [1.82, 2.24) is 4.98 Å². The molecule has 17 heavy (non-hydrogen) atoms. The van der Waals surface area contributed by atoms with Gasteiger partial charge in [-0.3, -0.25) is 19.9 Å². The van der Waals surface area contributed by atoms with Gasteiger partial charge in [-0.25, -0.2) is 4.57 Å². The summed E-state index contributed by atoms with van der Waals surface area (Å²) in [6, 6.07) is 5.59. The van der Waals surface area contributed by atoms with Crippen molar-refractivity contribution in [2.75, 3.05) is 0 Å². The van der Waals surface area contributed by atoms with E-state index in [9.17, 15) is 14.9 Å². The number of rotatable bonds is 4. The van der Waals surface area contributed by atoms with E-state index in [2.05, 4.69) is 4.98 Å². The number of aromatic amines is 1. The van der Waals surface area contributed by atoms with Crippen molar-refractivity contribution >= 4 is 11.5 Å². The molecule has 2 rings (SSSR count). The molecular formula is C11H10N3O3+. The van der Waals surface area contributed by atoms with Gasteiger partial charge in [0.1, 0.15) is 12.4 Å². The van der Waals surface area contributed by atoms with Gasteiger partial charge in [0.25, 0.3) is 5.69 Å². The molecule has 0 radical (unpaired) electrons. The third kappa shape index (κ3) is 2.54. The molecule has 1 heterocycles.